The van der Waals surface area contributed by atoms with Gasteiger partial charge in [0.2, 0.25) is 5.95 Å². The fourth-order valence-corrected chi connectivity index (χ4v) is 1.47. The van der Waals surface area contributed by atoms with Gasteiger partial charge in [0.25, 0.3) is 0 Å². The first-order valence-corrected chi connectivity index (χ1v) is 4.73. The summed E-state index contributed by atoms with van der Waals surface area (Å²) in [4.78, 5) is 4.04. The van der Waals surface area contributed by atoms with Crippen LogP contribution in [0.25, 0.3) is 16.9 Å². The Kier molecular flexibility index (Phi) is 1.79. The van der Waals surface area contributed by atoms with E-state index in [9.17, 15) is 0 Å². The highest BCUT2D eigenvalue weighted by atomic mass is 15.4. The molecule has 6 heteroatoms. The van der Waals surface area contributed by atoms with E-state index in [1.54, 1.807) is 12.4 Å². The second-order valence-electron chi connectivity index (χ2n) is 3.29. The van der Waals surface area contributed by atoms with Crippen LogP contribution in [0.1, 0.15) is 0 Å². The highest BCUT2D eigenvalue weighted by Gasteiger charge is 2.05. The molecule has 3 heterocycles. The first-order valence-electron chi connectivity index (χ1n) is 4.73. The molecule has 6 nitrogen and oxygen atoms in total. The number of rotatable bonds is 1. The lowest BCUT2D eigenvalue weighted by Crippen LogP contribution is -1.99. The second-order valence-corrected chi connectivity index (χ2v) is 3.29. The summed E-state index contributed by atoms with van der Waals surface area (Å²) in [5, 5.41) is 11.9. The molecule has 78 valence electrons. The molecule has 3 aromatic heterocycles. The maximum absolute atomic E-state index is 5.63. The molecular weight excluding hydrogens is 204 g/mol. The van der Waals surface area contributed by atoms with Crippen molar-refractivity contribution in [2.45, 2.75) is 0 Å². The van der Waals surface area contributed by atoms with Crippen molar-refractivity contribution in [2.24, 2.45) is 0 Å². The molecule has 0 aliphatic carbocycles. The zero-order valence-corrected chi connectivity index (χ0v) is 8.28. The minimum atomic E-state index is 0.278. The van der Waals surface area contributed by atoms with Crippen LogP contribution in [0, 0.1) is 0 Å². The molecule has 0 aliphatic heterocycles. The Morgan fingerprint density at radius 1 is 1.12 bits per heavy atom. The molecule has 0 aliphatic rings. The number of nitrogens with zero attached hydrogens (tertiary/aromatic N) is 5. The molecule has 0 saturated carbocycles. The Hall–Kier alpha value is -2.50. The zero-order valence-electron chi connectivity index (χ0n) is 8.28. The molecule has 0 radical (unpaired) electrons. The smallest absolute Gasteiger partial charge is 0.243 e. The average Bonchev–Trinajstić information content (AvgIpc) is 2.72. The lowest BCUT2D eigenvalue weighted by molar-refractivity contribution is 0.945. The Morgan fingerprint density at radius 3 is 2.88 bits per heavy atom. The number of fused-ring (bicyclic) bond motifs is 1. The largest absolute Gasteiger partial charge is 0.366 e. The number of pyridine rings is 1. The highest BCUT2D eigenvalue weighted by molar-refractivity contribution is 5.59. The highest BCUT2D eigenvalue weighted by Crippen LogP contribution is 2.15. The average molecular weight is 212 g/mol. The van der Waals surface area contributed by atoms with Crippen LogP contribution in [-0.4, -0.2) is 24.8 Å². The van der Waals surface area contributed by atoms with E-state index >= 15 is 0 Å². The molecule has 2 N–H and O–H groups in total. The number of aromatic nitrogens is 5. The van der Waals surface area contributed by atoms with Crippen molar-refractivity contribution in [1.29, 1.82) is 0 Å². The number of hydrogen-bond donors (Lipinski definition) is 1. The van der Waals surface area contributed by atoms with Crippen LogP contribution in [0.2, 0.25) is 0 Å². The fourth-order valence-electron chi connectivity index (χ4n) is 1.47. The number of hydrogen-bond acceptors (Lipinski definition) is 5. The van der Waals surface area contributed by atoms with Gasteiger partial charge in [-0.05, 0) is 24.3 Å². The SMILES string of the molecule is Nc1nnc2ccc(-c3cccnc3)nn12. The summed E-state index contributed by atoms with van der Waals surface area (Å²) in [5.41, 5.74) is 7.98. The fraction of sp³-hybridized carbons (Fsp3) is 0. The zero-order chi connectivity index (χ0) is 11.0. The third-order valence-corrected chi connectivity index (χ3v) is 2.24. The van der Waals surface area contributed by atoms with Crippen molar-refractivity contribution in [1.82, 2.24) is 24.8 Å². The Morgan fingerprint density at radius 2 is 2.06 bits per heavy atom. The minimum Gasteiger partial charge on any atom is -0.366 e. The molecule has 3 aromatic rings. The third kappa shape index (κ3) is 1.28. The summed E-state index contributed by atoms with van der Waals surface area (Å²) in [6, 6.07) is 7.47. The molecule has 0 fully saturated rings. The summed E-state index contributed by atoms with van der Waals surface area (Å²) in [7, 11) is 0. The quantitative estimate of drug-likeness (QED) is 0.644. The van der Waals surface area contributed by atoms with E-state index < -0.39 is 0 Å². The second kappa shape index (κ2) is 3.27. The van der Waals surface area contributed by atoms with Gasteiger partial charge in [-0.15, -0.1) is 10.2 Å². The van der Waals surface area contributed by atoms with Gasteiger partial charge < -0.3 is 5.73 Å². The Bertz CT molecular complexity index is 630. The van der Waals surface area contributed by atoms with Crippen molar-refractivity contribution in [3.63, 3.8) is 0 Å². The van der Waals surface area contributed by atoms with Gasteiger partial charge in [-0.2, -0.15) is 9.61 Å². The Labute approximate surface area is 90.8 Å². The third-order valence-electron chi connectivity index (χ3n) is 2.24. The predicted octanol–water partition coefficient (Wildman–Crippen LogP) is 0.768. The molecule has 0 aromatic carbocycles. The van der Waals surface area contributed by atoms with Crippen LogP contribution in [-0.2, 0) is 0 Å². The molecule has 3 rings (SSSR count). The van der Waals surface area contributed by atoms with Crippen molar-refractivity contribution < 1.29 is 0 Å². The summed E-state index contributed by atoms with van der Waals surface area (Å²) in [6.45, 7) is 0. The number of nitrogens with two attached hydrogens (primary N) is 1. The van der Waals surface area contributed by atoms with E-state index in [4.69, 9.17) is 5.73 Å². The van der Waals surface area contributed by atoms with Gasteiger partial charge in [0, 0.05) is 18.0 Å². The maximum atomic E-state index is 5.63. The predicted molar refractivity (Wildman–Crippen MR) is 58.4 cm³/mol. The molecule has 0 amide bonds. The van der Waals surface area contributed by atoms with Crippen LogP contribution in [0.5, 0.6) is 0 Å². The first-order chi connectivity index (χ1) is 7.84. The van der Waals surface area contributed by atoms with Crippen LogP contribution in [0.15, 0.2) is 36.7 Å². The lowest BCUT2D eigenvalue weighted by atomic mass is 10.2. The number of anilines is 1. The summed E-state index contributed by atoms with van der Waals surface area (Å²) < 4.78 is 1.50. The molecule has 0 unspecified atom stereocenters. The van der Waals surface area contributed by atoms with Crippen molar-refractivity contribution in [3.05, 3.63) is 36.7 Å². The van der Waals surface area contributed by atoms with E-state index in [-0.39, 0.29) is 5.95 Å². The Balaban J connectivity index is 2.22. The van der Waals surface area contributed by atoms with Gasteiger partial charge in [-0.3, -0.25) is 4.98 Å². The van der Waals surface area contributed by atoms with Gasteiger partial charge >= 0.3 is 0 Å². The normalized spacial score (nSPS) is 10.8. The maximum Gasteiger partial charge on any atom is 0.243 e. The van der Waals surface area contributed by atoms with Gasteiger partial charge in [-0.25, -0.2) is 0 Å². The van der Waals surface area contributed by atoms with Gasteiger partial charge in [0.15, 0.2) is 5.65 Å². The van der Waals surface area contributed by atoms with Crippen LogP contribution in [0.4, 0.5) is 5.95 Å². The van der Waals surface area contributed by atoms with E-state index in [2.05, 4.69) is 20.3 Å². The van der Waals surface area contributed by atoms with Gasteiger partial charge in [-0.1, -0.05) is 0 Å². The molecule has 0 spiro atoms. The standard InChI is InChI=1S/C10H8N6/c11-10-14-13-9-4-3-8(15-16(9)10)7-2-1-5-12-6-7/h1-6H,(H2,11,14). The van der Waals surface area contributed by atoms with Crippen molar-refractivity contribution in [3.8, 4) is 11.3 Å². The van der Waals surface area contributed by atoms with Crippen molar-refractivity contribution >= 4 is 11.6 Å². The van der Waals surface area contributed by atoms with Gasteiger partial charge in [0.05, 0.1) is 5.69 Å². The van der Waals surface area contributed by atoms with E-state index in [0.29, 0.717) is 5.65 Å². The van der Waals surface area contributed by atoms with Crippen LogP contribution < -0.4 is 5.73 Å². The monoisotopic (exact) mass is 212 g/mol. The van der Waals surface area contributed by atoms with E-state index in [1.807, 2.05) is 24.3 Å². The van der Waals surface area contributed by atoms with E-state index in [1.165, 1.54) is 4.52 Å². The lowest BCUT2D eigenvalue weighted by Gasteiger charge is -2.00. The minimum absolute atomic E-state index is 0.278. The van der Waals surface area contributed by atoms with Crippen LogP contribution >= 0.6 is 0 Å². The molecule has 0 atom stereocenters. The summed E-state index contributed by atoms with van der Waals surface area (Å²) >= 11 is 0. The van der Waals surface area contributed by atoms with E-state index in [0.717, 1.165) is 11.3 Å². The molecular formula is C10H8N6. The summed E-state index contributed by atoms with van der Waals surface area (Å²) in [5.74, 6) is 0.278. The van der Waals surface area contributed by atoms with Gasteiger partial charge in [0.1, 0.15) is 0 Å². The molecule has 0 bridgehead atoms. The molecule has 0 saturated heterocycles. The summed E-state index contributed by atoms with van der Waals surface area (Å²) in [6.07, 6.45) is 3.46. The topological polar surface area (TPSA) is 82.0 Å². The van der Waals surface area contributed by atoms with Crippen molar-refractivity contribution in [2.75, 3.05) is 5.73 Å². The molecule has 16 heavy (non-hydrogen) atoms. The number of nitrogen functional groups attached to an aromatic ring is 1. The first kappa shape index (κ1) is 8.78. The van der Waals surface area contributed by atoms with Crippen LogP contribution in [0.3, 0.4) is 0 Å².